The molecule has 0 unspecified atom stereocenters. The molecule has 1 heterocycles. The van der Waals surface area contributed by atoms with Gasteiger partial charge < -0.3 is 10.2 Å². The van der Waals surface area contributed by atoms with Gasteiger partial charge in [0.25, 0.3) is 0 Å². The number of hydrogen-bond acceptors (Lipinski definition) is 3. The lowest BCUT2D eigenvalue weighted by Crippen LogP contribution is -2.30. The maximum Gasteiger partial charge on any atom is 0.221 e. The molecule has 0 aliphatic rings. The zero-order valence-corrected chi connectivity index (χ0v) is 12.1. The van der Waals surface area contributed by atoms with Crippen molar-refractivity contribution in [2.24, 2.45) is 0 Å². The fourth-order valence-electron chi connectivity index (χ4n) is 1.77. The number of nitrogens with zero attached hydrogens (tertiary/aromatic N) is 2. The van der Waals surface area contributed by atoms with Crippen molar-refractivity contribution < 1.29 is 4.79 Å². The van der Waals surface area contributed by atoms with E-state index < -0.39 is 0 Å². The van der Waals surface area contributed by atoms with Crippen LogP contribution in [0.1, 0.15) is 31.7 Å². The minimum Gasteiger partial charge on any atom is -0.356 e. The number of hydrogen-bond donors (Lipinski definition) is 1. The molecule has 106 valence electrons. The molecule has 1 aromatic rings. The van der Waals surface area contributed by atoms with Crippen LogP contribution in [0.15, 0.2) is 24.5 Å². The zero-order chi connectivity index (χ0) is 13.9. The van der Waals surface area contributed by atoms with Gasteiger partial charge in [-0.15, -0.1) is 0 Å². The van der Waals surface area contributed by atoms with Crippen molar-refractivity contribution in [3.05, 3.63) is 30.1 Å². The van der Waals surface area contributed by atoms with E-state index in [4.69, 9.17) is 0 Å². The molecule has 0 saturated carbocycles. The highest BCUT2D eigenvalue weighted by Gasteiger charge is 2.04. The lowest BCUT2D eigenvalue weighted by Gasteiger charge is -2.16. The smallest absolute Gasteiger partial charge is 0.221 e. The summed E-state index contributed by atoms with van der Waals surface area (Å²) >= 11 is 0. The van der Waals surface area contributed by atoms with Gasteiger partial charge in [0, 0.05) is 38.4 Å². The molecule has 19 heavy (non-hydrogen) atoms. The molecule has 0 aliphatic carbocycles. The quantitative estimate of drug-likeness (QED) is 0.692. The van der Waals surface area contributed by atoms with Crippen molar-refractivity contribution in [3.8, 4) is 0 Å². The molecule has 0 saturated heterocycles. The molecule has 4 heteroatoms. The van der Waals surface area contributed by atoms with E-state index in [-0.39, 0.29) is 5.91 Å². The van der Waals surface area contributed by atoms with Gasteiger partial charge in [0.15, 0.2) is 0 Å². The minimum atomic E-state index is 0.157. The van der Waals surface area contributed by atoms with Crippen molar-refractivity contribution in [2.45, 2.75) is 32.6 Å². The van der Waals surface area contributed by atoms with Crippen LogP contribution in [0.5, 0.6) is 0 Å². The summed E-state index contributed by atoms with van der Waals surface area (Å²) in [7, 11) is 2.06. The highest BCUT2D eigenvalue weighted by molar-refractivity contribution is 5.75. The Labute approximate surface area is 116 Å². The number of amides is 1. The van der Waals surface area contributed by atoms with Gasteiger partial charge >= 0.3 is 0 Å². The summed E-state index contributed by atoms with van der Waals surface area (Å²) in [6.45, 7) is 4.70. The third-order valence-electron chi connectivity index (χ3n) is 3.10. The molecule has 0 atom stereocenters. The fourth-order valence-corrected chi connectivity index (χ4v) is 1.77. The normalized spacial score (nSPS) is 10.7. The molecule has 1 amide bonds. The van der Waals surface area contributed by atoms with Gasteiger partial charge in [-0.3, -0.25) is 9.78 Å². The van der Waals surface area contributed by atoms with Gasteiger partial charge in [-0.25, -0.2) is 0 Å². The van der Waals surface area contributed by atoms with Crippen molar-refractivity contribution in [1.29, 1.82) is 0 Å². The largest absolute Gasteiger partial charge is 0.356 e. The zero-order valence-electron chi connectivity index (χ0n) is 12.1. The maximum atomic E-state index is 11.6. The van der Waals surface area contributed by atoms with E-state index >= 15 is 0 Å². The Hall–Kier alpha value is -1.42. The Balaban J connectivity index is 2.10. The van der Waals surface area contributed by atoms with E-state index in [0.717, 1.165) is 38.9 Å². The van der Waals surface area contributed by atoms with Gasteiger partial charge in [-0.2, -0.15) is 0 Å². The summed E-state index contributed by atoms with van der Waals surface area (Å²) in [5.41, 5.74) is 1.29. The average molecular weight is 263 g/mol. The van der Waals surface area contributed by atoms with Crippen LogP contribution in [0.2, 0.25) is 0 Å². The van der Waals surface area contributed by atoms with Crippen LogP contribution in [0.3, 0.4) is 0 Å². The molecule has 4 nitrogen and oxygen atoms in total. The van der Waals surface area contributed by atoms with E-state index in [0.29, 0.717) is 6.42 Å². The summed E-state index contributed by atoms with van der Waals surface area (Å²) in [5, 5.41) is 2.94. The Morgan fingerprint density at radius 1 is 1.32 bits per heavy atom. The van der Waals surface area contributed by atoms with Crippen molar-refractivity contribution in [3.63, 3.8) is 0 Å². The second-order valence-electron chi connectivity index (χ2n) is 4.86. The maximum absolute atomic E-state index is 11.6. The molecular formula is C15H25N3O. The number of rotatable bonds is 9. The van der Waals surface area contributed by atoms with Crippen LogP contribution >= 0.6 is 0 Å². The highest BCUT2D eigenvalue weighted by Crippen LogP contribution is 1.99. The van der Waals surface area contributed by atoms with E-state index in [9.17, 15) is 4.79 Å². The van der Waals surface area contributed by atoms with E-state index in [1.165, 1.54) is 5.56 Å². The van der Waals surface area contributed by atoms with Gasteiger partial charge in [0.05, 0.1) is 0 Å². The lowest BCUT2D eigenvalue weighted by atomic mass is 10.2. The number of carbonyl (C=O) groups excluding carboxylic acids is 1. The Kier molecular flexibility index (Phi) is 7.82. The number of carbonyl (C=O) groups is 1. The van der Waals surface area contributed by atoms with Crippen LogP contribution < -0.4 is 5.32 Å². The molecule has 0 radical (unpaired) electrons. The molecule has 1 N–H and O–H groups in total. The SMILES string of the molecule is CCCCNC(=O)CCN(C)CCc1ccncc1. The topological polar surface area (TPSA) is 45.2 Å². The lowest BCUT2D eigenvalue weighted by molar-refractivity contribution is -0.121. The first-order valence-electron chi connectivity index (χ1n) is 7.06. The number of unbranched alkanes of at least 4 members (excludes halogenated alkanes) is 1. The summed E-state index contributed by atoms with van der Waals surface area (Å²) in [6, 6.07) is 4.07. The molecule has 0 bridgehead atoms. The van der Waals surface area contributed by atoms with Crippen molar-refractivity contribution in [2.75, 3.05) is 26.7 Å². The van der Waals surface area contributed by atoms with Crippen LogP contribution in [-0.2, 0) is 11.2 Å². The second kappa shape index (κ2) is 9.50. The second-order valence-corrected chi connectivity index (χ2v) is 4.86. The summed E-state index contributed by atoms with van der Waals surface area (Å²) in [4.78, 5) is 17.7. The number of nitrogens with one attached hydrogen (secondary N) is 1. The molecule has 0 aromatic carbocycles. The molecular weight excluding hydrogens is 238 g/mol. The van der Waals surface area contributed by atoms with Gasteiger partial charge in [0.2, 0.25) is 5.91 Å². The third-order valence-corrected chi connectivity index (χ3v) is 3.10. The summed E-state index contributed by atoms with van der Waals surface area (Å²) in [6.07, 6.45) is 7.38. The predicted octanol–water partition coefficient (Wildman–Crippen LogP) is 1.86. The van der Waals surface area contributed by atoms with Crippen molar-refractivity contribution in [1.82, 2.24) is 15.2 Å². The summed E-state index contributed by atoms with van der Waals surface area (Å²) in [5.74, 6) is 0.157. The minimum absolute atomic E-state index is 0.157. The van der Waals surface area contributed by atoms with Crippen LogP contribution in [0.4, 0.5) is 0 Å². The van der Waals surface area contributed by atoms with E-state index in [2.05, 4.69) is 29.2 Å². The third kappa shape index (κ3) is 7.57. The molecule has 0 fully saturated rings. The van der Waals surface area contributed by atoms with E-state index in [1.54, 1.807) is 0 Å². The first-order chi connectivity index (χ1) is 9.22. The van der Waals surface area contributed by atoms with Crippen LogP contribution in [-0.4, -0.2) is 42.5 Å². The average Bonchev–Trinajstić information content (AvgIpc) is 2.44. The highest BCUT2D eigenvalue weighted by atomic mass is 16.1. The van der Waals surface area contributed by atoms with Gasteiger partial charge in [-0.1, -0.05) is 13.3 Å². The van der Waals surface area contributed by atoms with E-state index in [1.807, 2.05) is 24.5 Å². The molecule has 1 rings (SSSR count). The Bertz CT molecular complexity index is 354. The molecule has 1 aromatic heterocycles. The standard InChI is InChI=1S/C15H25N3O/c1-3-4-9-17-15(19)8-13-18(2)12-7-14-5-10-16-11-6-14/h5-6,10-11H,3-4,7-9,12-13H2,1-2H3,(H,17,19). The number of pyridine rings is 1. The number of likely N-dealkylation sites (N-methyl/N-ethyl adjacent to an activating group) is 1. The number of aromatic nitrogens is 1. The monoisotopic (exact) mass is 263 g/mol. The Morgan fingerprint density at radius 3 is 2.74 bits per heavy atom. The fraction of sp³-hybridized carbons (Fsp3) is 0.600. The van der Waals surface area contributed by atoms with Crippen LogP contribution in [0.25, 0.3) is 0 Å². The summed E-state index contributed by atoms with van der Waals surface area (Å²) < 4.78 is 0. The van der Waals surface area contributed by atoms with Crippen molar-refractivity contribution >= 4 is 5.91 Å². The predicted molar refractivity (Wildman–Crippen MR) is 78.0 cm³/mol. The molecule has 0 spiro atoms. The molecule has 0 aliphatic heterocycles. The van der Waals surface area contributed by atoms with Crippen LogP contribution in [0, 0.1) is 0 Å². The Morgan fingerprint density at radius 2 is 2.05 bits per heavy atom. The first-order valence-corrected chi connectivity index (χ1v) is 7.06. The van der Waals surface area contributed by atoms with Gasteiger partial charge in [-0.05, 0) is 37.6 Å². The first kappa shape index (κ1) is 15.6. The van der Waals surface area contributed by atoms with Gasteiger partial charge in [0.1, 0.15) is 0 Å².